The van der Waals surface area contributed by atoms with Crippen LogP contribution < -0.4 is 10.1 Å². The molecule has 6 nitrogen and oxygen atoms in total. The molecule has 3 aromatic carbocycles. The molecule has 8 heteroatoms. The van der Waals surface area contributed by atoms with E-state index in [0.717, 1.165) is 0 Å². The van der Waals surface area contributed by atoms with Crippen molar-refractivity contribution in [3.63, 3.8) is 0 Å². The number of para-hydroxylation sites is 1. The van der Waals surface area contributed by atoms with Gasteiger partial charge in [0.1, 0.15) is 5.75 Å². The van der Waals surface area contributed by atoms with E-state index in [4.69, 9.17) is 27.9 Å². The highest BCUT2D eigenvalue weighted by Crippen LogP contribution is 2.36. The molecule has 1 atom stereocenters. The van der Waals surface area contributed by atoms with E-state index in [1.807, 2.05) is 0 Å². The number of amides is 1. The molecule has 0 heterocycles. The number of carboxylic acid groups (broad SMARTS) is 1. The Balaban J connectivity index is 1.94. The van der Waals surface area contributed by atoms with Crippen LogP contribution in [0.1, 0.15) is 22.8 Å². The number of benzene rings is 3. The van der Waals surface area contributed by atoms with Gasteiger partial charge in [0.15, 0.2) is 6.10 Å². The van der Waals surface area contributed by atoms with Crippen molar-refractivity contribution in [2.75, 3.05) is 5.32 Å². The van der Waals surface area contributed by atoms with E-state index in [2.05, 4.69) is 5.32 Å². The number of carbonyl (C=O) groups is 2. The highest BCUT2D eigenvalue weighted by atomic mass is 35.5. The van der Waals surface area contributed by atoms with Gasteiger partial charge < -0.3 is 20.3 Å². The molecule has 0 bridgehead atoms. The van der Waals surface area contributed by atoms with Gasteiger partial charge in [-0.3, -0.25) is 4.79 Å². The number of aliphatic hydroxyl groups is 1. The third-order valence-electron chi connectivity index (χ3n) is 4.30. The molecule has 0 aliphatic carbocycles. The number of hydrogen-bond donors (Lipinski definition) is 3. The fourth-order valence-corrected chi connectivity index (χ4v) is 3.47. The van der Waals surface area contributed by atoms with Crippen LogP contribution in [0, 0.1) is 0 Å². The summed E-state index contributed by atoms with van der Waals surface area (Å²) in [6, 6.07) is 12.7. The molecule has 1 amide bonds. The standard InChI is InChI=1S/C21H17Cl2NO5/c1-11(20(26)24-17-5-3-2-4-12(17)10-25)29-18-8-14(21(27)28)6-13-7-15(22)9-16(23)19(13)18/h2-9,11,25H,10H2,1H3,(H,24,26)(H,27,28). The van der Waals surface area contributed by atoms with Gasteiger partial charge in [-0.1, -0.05) is 41.4 Å². The highest BCUT2D eigenvalue weighted by Gasteiger charge is 2.20. The summed E-state index contributed by atoms with van der Waals surface area (Å²) in [7, 11) is 0. The van der Waals surface area contributed by atoms with Gasteiger partial charge in [0, 0.05) is 21.7 Å². The van der Waals surface area contributed by atoms with E-state index >= 15 is 0 Å². The number of aliphatic hydroxyl groups excluding tert-OH is 1. The lowest BCUT2D eigenvalue weighted by molar-refractivity contribution is -0.122. The normalized spacial score (nSPS) is 11.9. The Morgan fingerprint density at radius 3 is 2.55 bits per heavy atom. The monoisotopic (exact) mass is 433 g/mol. The van der Waals surface area contributed by atoms with E-state index < -0.39 is 18.0 Å². The summed E-state index contributed by atoms with van der Waals surface area (Å²) in [6.07, 6.45) is -0.972. The number of carbonyl (C=O) groups excluding carboxylic acids is 1. The molecule has 1 unspecified atom stereocenters. The summed E-state index contributed by atoms with van der Waals surface area (Å²) < 4.78 is 5.78. The second kappa shape index (κ2) is 8.69. The van der Waals surface area contributed by atoms with Crippen molar-refractivity contribution in [3.05, 3.63) is 69.7 Å². The summed E-state index contributed by atoms with van der Waals surface area (Å²) >= 11 is 12.3. The van der Waals surface area contributed by atoms with E-state index in [-0.39, 0.29) is 22.9 Å². The first kappa shape index (κ1) is 20.9. The van der Waals surface area contributed by atoms with Crippen LogP contribution >= 0.6 is 23.2 Å². The molecule has 0 radical (unpaired) electrons. The summed E-state index contributed by atoms with van der Waals surface area (Å²) in [5.41, 5.74) is 0.998. The van der Waals surface area contributed by atoms with E-state index in [1.54, 1.807) is 30.3 Å². The van der Waals surface area contributed by atoms with Crippen molar-refractivity contribution >= 4 is 51.5 Å². The van der Waals surface area contributed by atoms with Crippen LogP contribution in [0.4, 0.5) is 5.69 Å². The lowest BCUT2D eigenvalue weighted by Crippen LogP contribution is -2.30. The fraction of sp³-hybridized carbons (Fsp3) is 0.143. The zero-order valence-electron chi connectivity index (χ0n) is 15.3. The lowest BCUT2D eigenvalue weighted by atomic mass is 10.1. The van der Waals surface area contributed by atoms with Gasteiger partial charge in [-0.25, -0.2) is 4.79 Å². The van der Waals surface area contributed by atoms with Crippen LogP contribution in [-0.4, -0.2) is 28.2 Å². The quantitative estimate of drug-likeness (QED) is 0.521. The molecule has 3 N–H and O–H groups in total. The Labute approximate surface area is 176 Å². The molecular weight excluding hydrogens is 417 g/mol. The van der Waals surface area contributed by atoms with Crippen LogP contribution in [0.25, 0.3) is 10.8 Å². The molecule has 3 aromatic rings. The second-order valence-corrected chi connectivity index (χ2v) is 7.17. The van der Waals surface area contributed by atoms with E-state index in [1.165, 1.54) is 25.1 Å². The molecule has 29 heavy (non-hydrogen) atoms. The van der Waals surface area contributed by atoms with Gasteiger partial charge >= 0.3 is 5.97 Å². The second-order valence-electron chi connectivity index (χ2n) is 6.33. The molecule has 0 aliphatic heterocycles. The van der Waals surface area contributed by atoms with Crippen LogP contribution in [0.2, 0.25) is 10.0 Å². The smallest absolute Gasteiger partial charge is 0.335 e. The average molecular weight is 434 g/mol. The highest BCUT2D eigenvalue weighted by molar-refractivity contribution is 6.39. The molecule has 0 fully saturated rings. The van der Waals surface area contributed by atoms with Crippen molar-refractivity contribution in [2.45, 2.75) is 19.6 Å². The minimum atomic E-state index is -1.15. The van der Waals surface area contributed by atoms with Gasteiger partial charge in [0.05, 0.1) is 17.2 Å². The Kier molecular flexibility index (Phi) is 6.27. The maximum absolute atomic E-state index is 12.6. The Morgan fingerprint density at radius 1 is 1.14 bits per heavy atom. The largest absolute Gasteiger partial charge is 0.480 e. The number of aromatic carboxylic acids is 1. The number of anilines is 1. The first-order valence-corrected chi connectivity index (χ1v) is 9.38. The summed E-state index contributed by atoms with van der Waals surface area (Å²) in [5.74, 6) is -1.47. The van der Waals surface area contributed by atoms with Gasteiger partial charge in [-0.05, 0) is 42.6 Å². The van der Waals surface area contributed by atoms with Gasteiger partial charge in [0.25, 0.3) is 5.91 Å². The van der Waals surface area contributed by atoms with Crippen molar-refractivity contribution in [1.82, 2.24) is 0 Å². The number of fused-ring (bicyclic) bond motifs is 1. The molecule has 0 saturated carbocycles. The third kappa shape index (κ3) is 4.62. The van der Waals surface area contributed by atoms with Gasteiger partial charge in [-0.2, -0.15) is 0 Å². The minimum absolute atomic E-state index is 0.0240. The Bertz CT molecular complexity index is 1100. The zero-order valence-corrected chi connectivity index (χ0v) is 16.8. The van der Waals surface area contributed by atoms with Crippen molar-refractivity contribution < 1.29 is 24.5 Å². The summed E-state index contributed by atoms with van der Waals surface area (Å²) in [4.78, 5) is 24.1. The van der Waals surface area contributed by atoms with Crippen molar-refractivity contribution in [2.24, 2.45) is 0 Å². The maximum Gasteiger partial charge on any atom is 0.335 e. The number of nitrogens with one attached hydrogen (secondary N) is 1. The summed E-state index contributed by atoms with van der Waals surface area (Å²) in [6.45, 7) is 1.30. The first-order valence-electron chi connectivity index (χ1n) is 8.62. The van der Waals surface area contributed by atoms with Crippen LogP contribution in [0.15, 0.2) is 48.5 Å². The summed E-state index contributed by atoms with van der Waals surface area (Å²) in [5, 5.41) is 23.0. The average Bonchev–Trinajstić information content (AvgIpc) is 2.67. The number of halogens is 2. The van der Waals surface area contributed by atoms with Crippen LogP contribution in [0.3, 0.4) is 0 Å². The molecule has 0 saturated heterocycles. The lowest BCUT2D eigenvalue weighted by Gasteiger charge is -2.18. The van der Waals surface area contributed by atoms with E-state index in [9.17, 15) is 19.8 Å². The molecule has 0 aromatic heterocycles. The molecular formula is C21H17Cl2NO5. The number of carboxylic acids is 1. The Hall–Kier alpha value is -2.80. The molecule has 0 aliphatic rings. The van der Waals surface area contributed by atoms with Gasteiger partial charge in [-0.15, -0.1) is 0 Å². The van der Waals surface area contributed by atoms with Crippen molar-refractivity contribution in [3.8, 4) is 5.75 Å². The van der Waals surface area contributed by atoms with Crippen molar-refractivity contribution in [1.29, 1.82) is 0 Å². The number of rotatable bonds is 6. The Morgan fingerprint density at radius 2 is 1.86 bits per heavy atom. The molecule has 3 rings (SSSR count). The zero-order chi connectivity index (χ0) is 21.1. The fourth-order valence-electron chi connectivity index (χ4n) is 2.86. The topological polar surface area (TPSA) is 95.9 Å². The molecule has 0 spiro atoms. The SMILES string of the molecule is CC(Oc1cc(C(=O)O)cc2cc(Cl)cc(Cl)c12)C(=O)Nc1ccccc1CO. The predicted molar refractivity (Wildman–Crippen MR) is 112 cm³/mol. The maximum atomic E-state index is 12.6. The van der Waals surface area contributed by atoms with Crippen LogP contribution in [0.5, 0.6) is 5.75 Å². The van der Waals surface area contributed by atoms with E-state index in [0.29, 0.717) is 27.0 Å². The first-order chi connectivity index (χ1) is 13.8. The van der Waals surface area contributed by atoms with Gasteiger partial charge in [0.2, 0.25) is 0 Å². The number of ether oxygens (including phenoxy) is 1. The minimum Gasteiger partial charge on any atom is -0.480 e. The predicted octanol–water partition coefficient (Wildman–Crippen LogP) is 4.74. The third-order valence-corrected chi connectivity index (χ3v) is 4.81. The van der Waals surface area contributed by atoms with Crippen LogP contribution in [-0.2, 0) is 11.4 Å². The molecule has 150 valence electrons. The number of hydrogen-bond acceptors (Lipinski definition) is 4.